The topological polar surface area (TPSA) is 40.6 Å². The number of halogens is 1. The number of rotatable bonds is 3. The van der Waals surface area contributed by atoms with Crippen LogP contribution in [0, 0.1) is 6.92 Å². The summed E-state index contributed by atoms with van der Waals surface area (Å²) in [6.07, 6.45) is 0.412. The maximum absolute atomic E-state index is 12.5. The van der Waals surface area contributed by atoms with Crippen LogP contribution < -0.4 is 0 Å². The molecule has 0 atom stereocenters. The molecule has 2 aromatic rings. The lowest BCUT2D eigenvalue weighted by molar-refractivity contribution is -0.131. The second-order valence-corrected chi connectivity index (χ2v) is 6.72. The highest BCUT2D eigenvalue weighted by molar-refractivity contribution is 6.30. The van der Waals surface area contributed by atoms with Crippen molar-refractivity contribution in [1.82, 2.24) is 9.80 Å². The molecule has 25 heavy (non-hydrogen) atoms. The van der Waals surface area contributed by atoms with Gasteiger partial charge in [0.05, 0.1) is 6.42 Å². The molecule has 130 valence electrons. The van der Waals surface area contributed by atoms with Gasteiger partial charge in [-0.15, -0.1) is 0 Å². The number of carbonyl (C=O) groups is 2. The molecule has 4 nitrogen and oxygen atoms in total. The molecule has 0 aliphatic carbocycles. The summed E-state index contributed by atoms with van der Waals surface area (Å²) in [5, 5.41) is 0.554. The zero-order chi connectivity index (χ0) is 17.8. The Hall–Kier alpha value is -2.33. The Morgan fingerprint density at radius 2 is 1.64 bits per heavy atom. The summed E-state index contributed by atoms with van der Waals surface area (Å²) in [7, 11) is 0. The van der Waals surface area contributed by atoms with Gasteiger partial charge >= 0.3 is 0 Å². The van der Waals surface area contributed by atoms with Crippen LogP contribution in [-0.4, -0.2) is 47.8 Å². The van der Waals surface area contributed by atoms with E-state index in [2.05, 4.69) is 0 Å². The molecule has 5 heteroatoms. The van der Waals surface area contributed by atoms with E-state index in [0.717, 1.165) is 11.1 Å². The molecule has 0 unspecified atom stereocenters. The zero-order valence-corrected chi connectivity index (χ0v) is 15.0. The van der Waals surface area contributed by atoms with Gasteiger partial charge < -0.3 is 9.80 Å². The fraction of sp³-hybridized carbons (Fsp3) is 0.300. The second-order valence-electron chi connectivity index (χ2n) is 6.29. The SMILES string of the molecule is Cc1ccccc1CC(=O)N1CCN(C(=O)c2cccc(Cl)c2)CC1. The lowest BCUT2D eigenvalue weighted by atomic mass is 10.1. The monoisotopic (exact) mass is 356 g/mol. The second kappa shape index (κ2) is 7.70. The molecule has 0 bridgehead atoms. The van der Waals surface area contributed by atoms with Crippen molar-refractivity contribution in [3.05, 3.63) is 70.2 Å². The summed E-state index contributed by atoms with van der Waals surface area (Å²) in [4.78, 5) is 28.7. The first-order valence-corrected chi connectivity index (χ1v) is 8.79. The number of amides is 2. The third kappa shape index (κ3) is 4.20. The van der Waals surface area contributed by atoms with Gasteiger partial charge in [-0.2, -0.15) is 0 Å². The molecule has 2 amide bonds. The van der Waals surface area contributed by atoms with Crippen LogP contribution in [0.2, 0.25) is 5.02 Å². The normalized spacial score (nSPS) is 14.5. The summed E-state index contributed by atoms with van der Waals surface area (Å²) >= 11 is 5.96. The summed E-state index contributed by atoms with van der Waals surface area (Å²) in [6, 6.07) is 14.9. The fourth-order valence-electron chi connectivity index (χ4n) is 3.05. The predicted octanol–water partition coefficient (Wildman–Crippen LogP) is 3.18. The summed E-state index contributed by atoms with van der Waals surface area (Å²) in [6.45, 7) is 4.24. The van der Waals surface area contributed by atoms with E-state index in [4.69, 9.17) is 11.6 Å². The average Bonchev–Trinajstić information content (AvgIpc) is 2.63. The van der Waals surface area contributed by atoms with Crippen LogP contribution in [0.1, 0.15) is 21.5 Å². The maximum atomic E-state index is 12.5. The van der Waals surface area contributed by atoms with Gasteiger partial charge in [0.25, 0.3) is 5.91 Å². The van der Waals surface area contributed by atoms with E-state index < -0.39 is 0 Å². The minimum atomic E-state index is -0.0338. The van der Waals surface area contributed by atoms with E-state index in [1.807, 2.05) is 36.1 Å². The Bertz CT molecular complexity index is 783. The standard InChI is InChI=1S/C20H21ClN2O2/c1-15-5-2-3-6-16(15)14-19(24)22-9-11-23(12-10-22)20(25)17-7-4-8-18(21)13-17/h2-8,13H,9-12,14H2,1H3. The van der Waals surface area contributed by atoms with Crippen molar-refractivity contribution in [3.63, 3.8) is 0 Å². The molecule has 1 aliphatic rings. The number of hydrogen-bond donors (Lipinski definition) is 0. The lowest BCUT2D eigenvalue weighted by Gasteiger charge is -2.35. The van der Waals surface area contributed by atoms with Crippen molar-refractivity contribution in [2.75, 3.05) is 26.2 Å². The molecule has 1 heterocycles. The molecule has 1 saturated heterocycles. The summed E-state index contributed by atoms with van der Waals surface area (Å²) in [5.74, 6) is 0.0812. The summed E-state index contributed by atoms with van der Waals surface area (Å²) < 4.78 is 0. The molecule has 1 fully saturated rings. The zero-order valence-electron chi connectivity index (χ0n) is 14.2. The van der Waals surface area contributed by atoms with Gasteiger partial charge in [-0.25, -0.2) is 0 Å². The molecule has 0 N–H and O–H groups in total. The molecule has 0 saturated carbocycles. The van der Waals surface area contributed by atoms with E-state index in [0.29, 0.717) is 43.2 Å². The Balaban J connectivity index is 1.57. The number of aryl methyl sites for hydroxylation is 1. The fourth-order valence-corrected chi connectivity index (χ4v) is 3.24. The van der Waals surface area contributed by atoms with Crippen LogP contribution in [0.5, 0.6) is 0 Å². The number of benzene rings is 2. The minimum absolute atomic E-state index is 0.0338. The third-order valence-electron chi connectivity index (χ3n) is 4.59. The Labute approximate surface area is 153 Å². The average molecular weight is 357 g/mol. The van der Waals surface area contributed by atoms with Crippen molar-refractivity contribution in [3.8, 4) is 0 Å². The van der Waals surface area contributed by atoms with Crippen molar-refractivity contribution >= 4 is 23.4 Å². The lowest BCUT2D eigenvalue weighted by Crippen LogP contribution is -2.51. The van der Waals surface area contributed by atoms with Crippen LogP contribution in [-0.2, 0) is 11.2 Å². The minimum Gasteiger partial charge on any atom is -0.339 e. The molecule has 0 spiro atoms. The first kappa shape index (κ1) is 17.5. The Morgan fingerprint density at radius 1 is 0.960 bits per heavy atom. The molecule has 1 aliphatic heterocycles. The Kier molecular flexibility index (Phi) is 5.39. The van der Waals surface area contributed by atoms with Crippen molar-refractivity contribution in [2.45, 2.75) is 13.3 Å². The van der Waals surface area contributed by atoms with Gasteiger partial charge in [0, 0.05) is 36.8 Å². The van der Waals surface area contributed by atoms with E-state index in [-0.39, 0.29) is 11.8 Å². The van der Waals surface area contributed by atoms with Gasteiger partial charge in [0.2, 0.25) is 5.91 Å². The number of hydrogen-bond acceptors (Lipinski definition) is 2. The highest BCUT2D eigenvalue weighted by Crippen LogP contribution is 2.15. The predicted molar refractivity (Wildman–Crippen MR) is 98.8 cm³/mol. The van der Waals surface area contributed by atoms with Crippen LogP contribution >= 0.6 is 11.6 Å². The number of piperazine rings is 1. The molecule has 0 aromatic heterocycles. The molecular formula is C20H21ClN2O2. The van der Waals surface area contributed by atoms with Crippen molar-refractivity contribution in [1.29, 1.82) is 0 Å². The van der Waals surface area contributed by atoms with Gasteiger partial charge in [-0.05, 0) is 36.2 Å². The maximum Gasteiger partial charge on any atom is 0.254 e. The van der Waals surface area contributed by atoms with Gasteiger partial charge in [-0.1, -0.05) is 41.9 Å². The van der Waals surface area contributed by atoms with E-state index >= 15 is 0 Å². The van der Waals surface area contributed by atoms with E-state index in [9.17, 15) is 9.59 Å². The van der Waals surface area contributed by atoms with Gasteiger partial charge in [-0.3, -0.25) is 9.59 Å². The molecule has 2 aromatic carbocycles. The Morgan fingerprint density at radius 3 is 2.32 bits per heavy atom. The highest BCUT2D eigenvalue weighted by atomic mass is 35.5. The van der Waals surface area contributed by atoms with Crippen LogP contribution in [0.3, 0.4) is 0 Å². The largest absolute Gasteiger partial charge is 0.339 e. The number of nitrogens with zero attached hydrogens (tertiary/aromatic N) is 2. The smallest absolute Gasteiger partial charge is 0.254 e. The van der Waals surface area contributed by atoms with E-state index in [1.165, 1.54) is 0 Å². The van der Waals surface area contributed by atoms with Crippen LogP contribution in [0.25, 0.3) is 0 Å². The van der Waals surface area contributed by atoms with Gasteiger partial charge in [0.15, 0.2) is 0 Å². The molecule has 3 rings (SSSR count). The van der Waals surface area contributed by atoms with Crippen LogP contribution in [0.4, 0.5) is 0 Å². The van der Waals surface area contributed by atoms with Gasteiger partial charge in [0.1, 0.15) is 0 Å². The highest BCUT2D eigenvalue weighted by Gasteiger charge is 2.25. The first-order valence-electron chi connectivity index (χ1n) is 8.42. The quantitative estimate of drug-likeness (QED) is 0.847. The molecule has 0 radical (unpaired) electrons. The first-order chi connectivity index (χ1) is 12.0. The summed E-state index contributed by atoms with van der Waals surface area (Å²) in [5.41, 5.74) is 2.78. The third-order valence-corrected chi connectivity index (χ3v) is 4.83. The number of carbonyl (C=O) groups excluding carboxylic acids is 2. The van der Waals surface area contributed by atoms with E-state index in [1.54, 1.807) is 29.2 Å². The van der Waals surface area contributed by atoms with Crippen LogP contribution in [0.15, 0.2) is 48.5 Å². The van der Waals surface area contributed by atoms with Crippen molar-refractivity contribution < 1.29 is 9.59 Å². The molecular weight excluding hydrogens is 336 g/mol. The van der Waals surface area contributed by atoms with Crippen molar-refractivity contribution in [2.24, 2.45) is 0 Å².